The zero-order valence-corrected chi connectivity index (χ0v) is 10.2. The summed E-state index contributed by atoms with van der Waals surface area (Å²) in [6.45, 7) is 2.04. The van der Waals surface area contributed by atoms with Crippen LogP contribution in [0.1, 0.15) is 6.92 Å². The van der Waals surface area contributed by atoms with Crippen molar-refractivity contribution in [1.82, 2.24) is 0 Å². The van der Waals surface area contributed by atoms with Gasteiger partial charge in [0.25, 0.3) is 0 Å². The second-order valence-corrected chi connectivity index (χ2v) is 4.32. The Balaban J connectivity index is 2.67. The number of esters is 1. The zero-order valence-electron chi connectivity index (χ0n) is 8.63. The van der Waals surface area contributed by atoms with Crippen LogP contribution in [-0.4, -0.2) is 18.3 Å². The molecule has 6 heteroatoms. The van der Waals surface area contributed by atoms with Crippen LogP contribution in [-0.2, 0) is 9.53 Å². The van der Waals surface area contributed by atoms with Gasteiger partial charge < -0.3 is 10.5 Å². The lowest BCUT2D eigenvalue weighted by atomic mass is 10.3. The van der Waals surface area contributed by atoms with Crippen LogP contribution in [0.5, 0.6) is 0 Å². The van der Waals surface area contributed by atoms with E-state index in [0.717, 1.165) is 11.8 Å². The van der Waals surface area contributed by atoms with Crippen molar-refractivity contribution in [2.24, 2.45) is 0 Å². The largest absolute Gasteiger partial charge is 0.465 e. The number of thioether (sulfide) groups is 1. The summed E-state index contributed by atoms with van der Waals surface area (Å²) in [6, 6.07) is 2.53. The summed E-state index contributed by atoms with van der Waals surface area (Å²) in [4.78, 5) is 11.6. The highest BCUT2D eigenvalue weighted by Crippen LogP contribution is 2.29. The van der Waals surface area contributed by atoms with E-state index in [9.17, 15) is 9.18 Å². The number of nitrogens with two attached hydrogens (primary N) is 1. The van der Waals surface area contributed by atoms with E-state index in [0.29, 0.717) is 17.2 Å². The molecule has 0 aliphatic rings. The molecule has 0 saturated carbocycles. The van der Waals surface area contributed by atoms with Crippen LogP contribution in [0.15, 0.2) is 17.0 Å². The first kappa shape index (κ1) is 13.1. The molecule has 3 nitrogen and oxygen atoms in total. The van der Waals surface area contributed by atoms with Crippen molar-refractivity contribution in [2.75, 3.05) is 18.1 Å². The predicted molar refractivity (Wildman–Crippen MR) is 63.2 cm³/mol. The van der Waals surface area contributed by atoms with Gasteiger partial charge in [-0.1, -0.05) is 11.6 Å². The highest BCUT2D eigenvalue weighted by molar-refractivity contribution is 8.00. The van der Waals surface area contributed by atoms with E-state index in [2.05, 4.69) is 0 Å². The molecule has 2 N–H and O–H groups in total. The molecule has 0 radical (unpaired) electrons. The summed E-state index contributed by atoms with van der Waals surface area (Å²) in [5, 5.41) is -0.0296. The van der Waals surface area contributed by atoms with E-state index < -0.39 is 5.82 Å². The maximum Gasteiger partial charge on any atom is 0.316 e. The third-order valence-corrected chi connectivity index (χ3v) is 3.04. The average molecular weight is 264 g/mol. The Bertz CT molecular complexity index is 401. The highest BCUT2D eigenvalue weighted by atomic mass is 35.5. The van der Waals surface area contributed by atoms with Crippen LogP contribution in [0.25, 0.3) is 0 Å². The van der Waals surface area contributed by atoms with E-state index in [1.165, 1.54) is 12.1 Å². The van der Waals surface area contributed by atoms with E-state index in [4.69, 9.17) is 22.1 Å². The van der Waals surface area contributed by atoms with Crippen LogP contribution in [0.3, 0.4) is 0 Å². The minimum absolute atomic E-state index is 0.0296. The summed E-state index contributed by atoms with van der Waals surface area (Å²) in [5.74, 6) is -0.816. The lowest BCUT2D eigenvalue weighted by molar-refractivity contribution is -0.139. The van der Waals surface area contributed by atoms with Crippen LogP contribution >= 0.6 is 23.4 Å². The molecule has 0 saturated heterocycles. The van der Waals surface area contributed by atoms with Gasteiger partial charge >= 0.3 is 5.97 Å². The monoisotopic (exact) mass is 263 g/mol. The highest BCUT2D eigenvalue weighted by Gasteiger charge is 2.09. The molecule has 0 aromatic heterocycles. The van der Waals surface area contributed by atoms with Gasteiger partial charge in [-0.3, -0.25) is 4.79 Å². The normalized spacial score (nSPS) is 10.2. The van der Waals surface area contributed by atoms with Crippen LogP contribution in [0, 0.1) is 5.82 Å². The standard InChI is InChI=1S/C10H11ClFNO2S/c1-2-15-10(14)5-16-9-4-7(12)6(11)3-8(9)13/h3-4H,2,5,13H2,1H3. The van der Waals surface area contributed by atoms with Gasteiger partial charge in [-0.2, -0.15) is 0 Å². The van der Waals surface area contributed by atoms with E-state index in [-0.39, 0.29) is 16.7 Å². The molecule has 0 bridgehead atoms. The van der Waals surface area contributed by atoms with Crippen molar-refractivity contribution in [1.29, 1.82) is 0 Å². The molecule has 0 amide bonds. The molecule has 88 valence electrons. The number of ether oxygens (including phenoxy) is 1. The number of halogens is 2. The molecular weight excluding hydrogens is 253 g/mol. The molecule has 0 aliphatic carbocycles. The lowest BCUT2D eigenvalue weighted by Crippen LogP contribution is -2.06. The second-order valence-electron chi connectivity index (χ2n) is 2.90. The maximum absolute atomic E-state index is 13.1. The molecule has 0 aliphatic heterocycles. The van der Waals surface area contributed by atoms with Crippen molar-refractivity contribution < 1.29 is 13.9 Å². The minimum Gasteiger partial charge on any atom is -0.465 e. The van der Waals surface area contributed by atoms with Gasteiger partial charge in [0.05, 0.1) is 17.4 Å². The van der Waals surface area contributed by atoms with Crippen LogP contribution in [0.2, 0.25) is 5.02 Å². The topological polar surface area (TPSA) is 52.3 Å². The third-order valence-electron chi connectivity index (χ3n) is 1.70. The smallest absolute Gasteiger partial charge is 0.316 e. The van der Waals surface area contributed by atoms with Crippen LogP contribution < -0.4 is 5.73 Å². The van der Waals surface area contributed by atoms with Crippen molar-refractivity contribution in [3.8, 4) is 0 Å². The van der Waals surface area contributed by atoms with Gasteiger partial charge in [-0.25, -0.2) is 4.39 Å². The van der Waals surface area contributed by atoms with Gasteiger partial charge in [-0.05, 0) is 19.1 Å². The Morgan fingerprint density at radius 2 is 2.31 bits per heavy atom. The van der Waals surface area contributed by atoms with Crippen molar-refractivity contribution in [2.45, 2.75) is 11.8 Å². The Hall–Kier alpha value is -0.940. The summed E-state index contributed by atoms with van der Waals surface area (Å²) >= 11 is 6.66. The summed E-state index contributed by atoms with van der Waals surface area (Å²) < 4.78 is 17.9. The summed E-state index contributed by atoms with van der Waals surface area (Å²) in [5.41, 5.74) is 5.97. The molecular formula is C10H11ClFNO2S. The van der Waals surface area contributed by atoms with Gasteiger partial charge in [0, 0.05) is 10.6 Å². The fourth-order valence-electron chi connectivity index (χ4n) is 1.01. The first-order valence-corrected chi connectivity index (χ1v) is 5.94. The van der Waals surface area contributed by atoms with Crippen LogP contribution in [0.4, 0.5) is 10.1 Å². The van der Waals surface area contributed by atoms with Gasteiger partial charge in [0.15, 0.2) is 0 Å². The van der Waals surface area contributed by atoms with Gasteiger partial charge in [-0.15, -0.1) is 11.8 Å². The Morgan fingerprint density at radius 3 is 2.94 bits per heavy atom. The fraction of sp³-hybridized carbons (Fsp3) is 0.300. The average Bonchev–Trinajstić information content (AvgIpc) is 2.22. The molecule has 1 rings (SSSR count). The van der Waals surface area contributed by atoms with Crippen molar-refractivity contribution in [3.63, 3.8) is 0 Å². The molecule has 0 unspecified atom stereocenters. The number of benzene rings is 1. The second kappa shape index (κ2) is 5.96. The molecule has 16 heavy (non-hydrogen) atoms. The third kappa shape index (κ3) is 3.57. The number of hydrogen-bond donors (Lipinski definition) is 1. The summed E-state index contributed by atoms with van der Waals surface area (Å²) in [7, 11) is 0. The number of hydrogen-bond acceptors (Lipinski definition) is 4. The number of nitrogen functional groups attached to an aromatic ring is 1. The number of carbonyl (C=O) groups is 1. The maximum atomic E-state index is 13.1. The van der Waals surface area contributed by atoms with Gasteiger partial charge in [0.1, 0.15) is 5.82 Å². The molecule has 0 fully saturated rings. The first-order valence-electron chi connectivity index (χ1n) is 4.57. The Kier molecular flexibility index (Phi) is 4.89. The van der Waals surface area contributed by atoms with Gasteiger partial charge in [0.2, 0.25) is 0 Å². The zero-order chi connectivity index (χ0) is 12.1. The Morgan fingerprint density at radius 1 is 1.62 bits per heavy atom. The lowest BCUT2D eigenvalue weighted by Gasteiger charge is -2.06. The number of anilines is 1. The van der Waals surface area contributed by atoms with E-state index >= 15 is 0 Å². The molecule has 0 atom stereocenters. The van der Waals surface area contributed by atoms with E-state index in [1.807, 2.05) is 0 Å². The number of carbonyl (C=O) groups excluding carboxylic acids is 1. The van der Waals surface area contributed by atoms with Crippen molar-refractivity contribution >= 4 is 35.0 Å². The Labute approximate surface area is 102 Å². The van der Waals surface area contributed by atoms with Crippen molar-refractivity contribution in [3.05, 3.63) is 23.0 Å². The molecule has 0 spiro atoms. The summed E-state index contributed by atoms with van der Waals surface area (Å²) in [6.07, 6.45) is 0. The number of rotatable bonds is 4. The molecule has 1 aromatic carbocycles. The quantitative estimate of drug-likeness (QED) is 0.516. The SMILES string of the molecule is CCOC(=O)CSc1cc(F)c(Cl)cc1N. The van der Waals surface area contributed by atoms with E-state index in [1.54, 1.807) is 6.92 Å². The first-order chi connectivity index (χ1) is 7.54. The molecule has 1 aromatic rings. The minimum atomic E-state index is -0.553. The predicted octanol–water partition coefficient (Wildman–Crippen LogP) is 2.72. The fourth-order valence-corrected chi connectivity index (χ4v) is 1.95. The molecule has 0 heterocycles.